The largest absolute Gasteiger partial charge is 0.497 e. The predicted octanol–water partition coefficient (Wildman–Crippen LogP) is 3.29. The maximum atomic E-state index is 12.1. The van der Waals surface area contributed by atoms with Crippen molar-refractivity contribution in [3.05, 3.63) is 42.0 Å². The van der Waals surface area contributed by atoms with Crippen LogP contribution in [0.25, 0.3) is 0 Å². The Morgan fingerprint density at radius 2 is 1.48 bits per heavy atom. The number of rotatable bonds is 8. The SMILES string of the molecule is COc1ccc(NC(=O)CCc2cc(OC)c(OC)c(OC)c2)cc1. The van der Waals surface area contributed by atoms with E-state index in [9.17, 15) is 4.79 Å². The van der Waals surface area contributed by atoms with Gasteiger partial charge in [0.15, 0.2) is 11.5 Å². The minimum Gasteiger partial charge on any atom is -0.497 e. The van der Waals surface area contributed by atoms with Crippen LogP contribution in [0.1, 0.15) is 12.0 Å². The van der Waals surface area contributed by atoms with Gasteiger partial charge in [0.1, 0.15) is 5.75 Å². The van der Waals surface area contributed by atoms with Crippen LogP contribution in [0.4, 0.5) is 5.69 Å². The molecule has 0 aliphatic rings. The van der Waals surface area contributed by atoms with Crippen molar-refractivity contribution in [1.29, 1.82) is 0 Å². The number of ether oxygens (including phenoxy) is 4. The number of hydrogen-bond donors (Lipinski definition) is 1. The molecule has 1 N–H and O–H groups in total. The van der Waals surface area contributed by atoms with E-state index < -0.39 is 0 Å². The number of methoxy groups -OCH3 is 4. The molecule has 1 amide bonds. The van der Waals surface area contributed by atoms with Crippen LogP contribution < -0.4 is 24.3 Å². The van der Waals surface area contributed by atoms with E-state index in [-0.39, 0.29) is 5.91 Å². The number of anilines is 1. The Labute approximate surface area is 147 Å². The van der Waals surface area contributed by atoms with Gasteiger partial charge >= 0.3 is 0 Å². The smallest absolute Gasteiger partial charge is 0.224 e. The quantitative estimate of drug-likeness (QED) is 0.795. The summed E-state index contributed by atoms with van der Waals surface area (Å²) < 4.78 is 21.0. The first-order valence-corrected chi connectivity index (χ1v) is 7.84. The molecular weight excluding hydrogens is 322 g/mol. The highest BCUT2D eigenvalue weighted by Gasteiger charge is 2.14. The summed E-state index contributed by atoms with van der Waals surface area (Å²) in [7, 11) is 6.29. The highest BCUT2D eigenvalue weighted by Crippen LogP contribution is 2.38. The number of carbonyl (C=O) groups excluding carboxylic acids is 1. The van der Waals surface area contributed by atoms with Crippen LogP contribution in [0.15, 0.2) is 36.4 Å². The molecule has 0 aliphatic heterocycles. The maximum Gasteiger partial charge on any atom is 0.224 e. The van der Waals surface area contributed by atoms with Crippen molar-refractivity contribution in [1.82, 2.24) is 0 Å². The molecular formula is C19H23NO5. The second-order valence-corrected chi connectivity index (χ2v) is 5.31. The zero-order chi connectivity index (χ0) is 18.2. The van der Waals surface area contributed by atoms with E-state index in [4.69, 9.17) is 18.9 Å². The van der Waals surface area contributed by atoms with Gasteiger partial charge in [-0.1, -0.05) is 0 Å². The second-order valence-electron chi connectivity index (χ2n) is 5.31. The lowest BCUT2D eigenvalue weighted by Gasteiger charge is -2.14. The summed E-state index contributed by atoms with van der Waals surface area (Å²) in [5.74, 6) is 2.37. The minimum absolute atomic E-state index is 0.0704. The molecule has 0 bridgehead atoms. The normalized spacial score (nSPS) is 10.1. The number of nitrogens with one attached hydrogen (secondary N) is 1. The topological polar surface area (TPSA) is 66.0 Å². The summed E-state index contributed by atoms with van der Waals surface area (Å²) in [4.78, 5) is 12.1. The monoisotopic (exact) mass is 345 g/mol. The Hall–Kier alpha value is -2.89. The summed E-state index contributed by atoms with van der Waals surface area (Å²) in [6.45, 7) is 0. The molecule has 0 saturated carbocycles. The maximum absolute atomic E-state index is 12.1. The van der Waals surface area contributed by atoms with Crippen molar-refractivity contribution in [2.45, 2.75) is 12.8 Å². The van der Waals surface area contributed by atoms with E-state index in [1.807, 2.05) is 12.1 Å². The number of aryl methyl sites for hydroxylation is 1. The average molecular weight is 345 g/mol. The van der Waals surface area contributed by atoms with Gasteiger partial charge in [-0.3, -0.25) is 4.79 Å². The lowest BCUT2D eigenvalue weighted by atomic mass is 10.1. The van der Waals surface area contributed by atoms with Crippen molar-refractivity contribution in [3.8, 4) is 23.0 Å². The van der Waals surface area contributed by atoms with E-state index in [0.717, 1.165) is 17.0 Å². The van der Waals surface area contributed by atoms with Gasteiger partial charge in [0, 0.05) is 12.1 Å². The van der Waals surface area contributed by atoms with Gasteiger partial charge in [-0.25, -0.2) is 0 Å². The van der Waals surface area contributed by atoms with Gasteiger partial charge < -0.3 is 24.3 Å². The molecule has 0 saturated heterocycles. The van der Waals surface area contributed by atoms with Crippen LogP contribution in [-0.2, 0) is 11.2 Å². The molecule has 0 atom stereocenters. The predicted molar refractivity (Wildman–Crippen MR) is 96.0 cm³/mol. The molecule has 0 radical (unpaired) electrons. The number of benzene rings is 2. The van der Waals surface area contributed by atoms with Crippen molar-refractivity contribution in [2.75, 3.05) is 33.8 Å². The third-order valence-electron chi connectivity index (χ3n) is 3.74. The van der Waals surface area contributed by atoms with Crippen molar-refractivity contribution in [2.24, 2.45) is 0 Å². The van der Waals surface area contributed by atoms with Gasteiger partial charge in [0.05, 0.1) is 28.4 Å². The summed E-state index contributed by atoms with van der Waals surface area (Å²) >= 11 is 0. The summed E-state index contributed by atoms with van der Waals surface area (Å²) in [6.07, 6.45) is 0.892. The van der Waals surface area contributed by atoms with Crippen LogP contribution in [0, 0.1) is 0 Å². The zero-order valence-electron chi connectivity index (χ0n) is 14.9. The van der Waals surface area contributed by atoms with Gasteiger partial charge in [-0.05, 0) is 48.4 Å². The standard InChI is InChI=1S/C19H23NO5/c1-22-15-8-6-14(7-9-15)20-18(21)10-5-13-11-16(23-2)19(25-4)17(12-13)24-3/h6-9,11-12H,5,10H2,1-4H3,(H,20,21). The lowest BCUT2D eigenvalue weighted by Crippen LogP contribution is -2.12. The Balaban J connectivity index is 2.01. The molecule has 0 spiro atoms. The molecule has 0 unspecified atom stereocenters. The van der Waals surface area contributed by atoms with E-state index in [1.165, 1.54) is 0 Å². The van der Waals surface area contributed by atoms with E-state index in [1.54, 1.807) is 52.7 Å². The molecule has 0 aliphatic carbocycles. The number of carbonyl (C=O) groups is 1. The second kappa shape index (κ2) is 8.82. The summed E-state index contributed by atoms with van der Waals surface area (Å²) in [6, 6.07) is 10.9. The van der Waals surface area contributed by atoms with E-state index >= 15 is 0 Å². The zero-order valence-corrected chi connectivity index (χ0v) is 14.9. The minimum atomic E-state index is -0.0704. The molecule has 2 aromatic rings. The fourth-order valence-electron chi connectivity index (χ4n) is 2.44. The highest BCUT2D eigenvalue weighted by atomic mass is 16.5. The Morgan fingerprint density at radius 3 is 1.96 bits per heavy atom. The van der Waals surface area contributed by atoms with E-state index in [2.05, 4.69) is 5.32 Å². The van der Waals surface area contributed by atoms with Crippen LogP contribution in [0.3, 0.4) is 0 Å². The fraction of sp³-hybridized carbons (Fsp3) is 0.316. The lowest BCUT2D eigenvalue weighted by molar-refractivity contribution is -0.116. The highest BCUT2D eigenvalue weighted by molar-refractivity contribution is 5.90. The third-order valence-corrected chi connectivity index (χ3v) is 3.74. The Bertz CT molecular complexity index is 687. The first-order chi connectivity index (χ1) is 12.1. The van der Waals surface area contributed by atoms with Crippen LogP contribution >= 0.6 is 0 Å². The number of hydrogen-bond acceptors (Lipinski definition) is 5. The van der Waals surface area contributed by atoms with Crippen LogP contribution in [-0.4, -0.2) is 34.3 Å². The number of amides is 1. The van der Waals surface area contributed by atoms with Gasteiger partial charge in [-0.2, -0.15) is 0 Å². The molecule has 0 heterocycles. The molecule has 0 fully saturated rings. The van der Waals surface area contributed by atoms with Gasteiger partial charge in [0.25, 0.3) is 0 Å². The van der Waals surface area contributed by atoms with Crippen LogP contribution in [0.5, 0.6) is 23.0 Å². The molecule has 0 aromatic heterocycles. The first-order valence-electron chi connectivity index (χ1n) is 7.84. The van der Waals surface area contributed by atoms with E-state index in [0.29, 0.717) is 30.1 Å². The molecule has 2 aromatic carbocycles. The Morgan fingerprint density at radius 1 is 0.880 bits per heavy atom. The molecule has 6 nitrogen and oxygen atoms in total. The van der Waals surface area contributed by atoms with Gasteiger partial charge in [0.2, 0.25) is 11.7 Å². The molecule has 6 heteroatoms. The molecule has 2 rings (SSSR count). The average Bonchev–Trinajstić information content (AvgIpc) is 2.65. The third kappa shape index (κ3) is 4.79. The molecule has 134 valence electrons. The first kappa shape index (κ1) is 18.4. The summed E-state index contributed by atoms with van der Waals surface area (Å²) in [5.41, 5.74) is 1.66. The summed E-state index contributed by atoms with van der Waals surface area (Å²) in [5, 5.41) is 2.86. The van der Waals surface area contributed by atoms with Crippen molar-refractivity contribution in [3.63, 3.8) is 0 Å². The molecule has 25 heavy (non-hydrogen) atoms. The fourth-order valence-corrected chi connectivity index (χ4v) is 2.44. The van der Waals surface area contributed by atoms with Crippen molar-refractivity contribution < 1.29 is 23.7 Å². The Kier molecular flexibility index (Phi) is 6.51. The van der Waals surface area contributed by atoms with Crippen molar-refractivity contribution >= 4 is 11.6 Å². The van der Waals surface area contributed by atoms with Gasteiger partial charge in [-0.15, -0.1) is 0 Å². The van der Waals surface area contributed by atoms with Crippen LogP contribution in [0.2, 0.25) is 0 Å².